The van der Waals surface area contributed by atoms with Gasteiger partial charge in [-0.3, -0.25) is 0 Å². The van der Waals surface area contributed by atoms with Crippen LogP contribution in [0.15, 0.2) is 20.4 Å². The van der Waals surface area contributed by atoms with Gasteiger partial charge in [0, 0.05) is 9.85 Å². The molecular formula is C11H13BrClN3OS. The fourth-order valence-electron chi connectivity index (χ4n) is 1.97. The van der Waals surface area contributed by atoms with Crippen LogP contribution >= 0.6 is 39.7 Å². The molecule has 18 heavy (non-hydrogen) atoms. The molecule has 0 amide bonds. The molecule has 1 fully saturated rings. The second-order valence-corrected chi connectivity index (χ2v) is 5.91. The Kier molecular flexibility index (Phi) is 4.77. The molecule has 1 N–H and O–H groups in total. The highest BCUT2D eigenvalue weighted by atomic mass is 79.9. The zero-order valence-electron chi connectivity index (χ0n) is 9.56. The molecule has 98 valence electrons. The maximum atomic E-state index is 5.34. The van der Waals surface area contributed by atoms with E-state index in [9.17, 15) is 0 Å². The monoisotopic (exact) mass is 349 g/mol. The summed E-state index contributed by atoms with van der Waals surface area (Å²) in [5.41, 5.74) is 0. The third-order valence-electron chi connectivity index (χ3n) is 2.84. The van der Waals surface area contributed by atoms with E-state index in [1.54, 1.807) is 11.3 Å². The van der Waals surface area contributed by atoms with E-state index in [-0.39, 0.29) is 18.4 Å². The average molecular weight is 351 g/mol. The molecule has 0 radical (unpaired) electrons. The van der Waals surface area contributed by atoms with E-state index in [2.05, 4.69) is 31.4 Å². The maximum absolute atomic E-state index is 5.34. The van der Waals surface area contributed by atoms with Gasteiger partial charge in [0.1, 0.15) is 0 Å². The molecule has 0 aliphatic carbocycles. The number of aromatic nitrogens is 2. The normalized spacial score (nSPS) is 19.5. The van der Waals surface area contributed by atoms with E-state index < -0.39 is 0 Å². The van der Waals surface area contributed by atoms with Crippen LogP contribution in [-0.2, 0) is 0 Å². The highest BCUT2D eigenvalue weighted by Gasteiger charge is 2.21. The molecule has 1 saturated heterocycles. The van der Waals surface area contributed by atoms with Gasteiger partial charge in [0.15, 0.2) is 0 Å². The molecular weight excluding hydrogens is 338 g/mol. The van der Waals surface area contributed by atoms with E-state index in [0.717, 1.165) is 22.3 Å². The minimum atomic E-state index is 0. The van der Waals surface area contributed by atoms with Gasteiger partial charge >= 0.3 is 0 Å². The average Bonchev–Trinajstić information content (AvgIpc) is 2.98. The van der Waals surface area contributed by atoms with Crippen LogP contribution in [0.2, 0.25) is 0 Å². The van der Waals surface area contributed by atoms with Crippen molar-refractivity contribution in [2.45, 2.75) is 25.3 Å². The Bertz CT molecular complexity index is 510. The molecule has 3 heterocycles. The first-order chi connectivity index (χ1) is 8.33. The van der Waals surface area contributed by atoms with Gasteiger partial charge in [0.25, 0.3) is 0 Å². The van der Waals surface area contributed by atoms with Gasteiger partial charge in [0.2, 0.25) is 11.7 Å². The molecule has 3 rings (SSSR count). The Morgan fingerprint density at radius 2 is 2.33 bits per heavy atom. The number of piperidine rings is 1. The first kappa shape index (κ1) is 14.0. The van der Waals surface area contributed by atoms with Crippen LogP contribution in [0.3, 0.4) is 0 Å². The zero-order chi connectivity index (χ0) is 11.7. The summed E-state index contributed by atoms with van der Waals surface area (Å²) in [6, 6.07) is 2.24. The van der Waals surface area contributed by atoms with Crippen molar-refractivity contribution in [3.05, 3.63) is 21.8 Å². The fourth-order valence-corrected chi connectivity index (χ4v) is 3.32. The van der Waals surface area contributed by atoms with Crippen molar-refractivity contribution in [2.75, 3.05) is 6.54 Å². The van der Waals surface area contributed by atoms with Gasteiger partial charge < -0.3 is 9.84 Å². The van der Waals surface area contributed by atoms with Crippen LogP contribution in [0.1, 0.15) is 31.2 Å². The van der Waals surface area contributed by atoms with Crippen molar-refractivity contribution in [2.24, 2.45) is 0 Å². The smallest absolute Gasteiger partial charge is 0.244 e. The van der Waals surface area contributed by atoms with Crippen molar-refractivity contribution in [1.82, 2.24) is 15.5 Å². The van der Waals surface area contributed by atoms with Gasteiger partial charge in [-0.25, -0.2) is 0 Å². The van der Waals surface area contributed by atoms with E-state index in [1.165, 1.54) is 12.8 Å². The molecule has 0 aromatic carbocycles. The van der Waals surface area contributed by atoms with Crippen molar-refractivity contribution >= 4 is 39.7 Å². The van der Waals surface area contributed by atoms with Gasteiger partial charge in [0.05, 0.1) is 10.9 Å². The molecule has 1 aliphatic rings. The second kappa shape index (κ2) is 6.14. The number of nitrogens with one attached hydrogen (secondary N) is 1. The third-order valence-corrected chi connectivity index (χ3v) is 4.53. The van der Waals surface area contributed by atoms with Crippen LogP contribution < -0.4 is 5.32 Å². The lowest BCUT2D eigenvalue weighted by atomic mass is 10.1. The van der Waals surface area contributed by atoms with Crippen molar-refractivity contribution in [1.29, 1.82) is 0 Å². The summed E-state index contributed by atoms with van der Waals surface area (Å²) >= 11 is 5.04. The minimum Gasteiger partial charge on any atom is -0.337 e. The fraction of sp³-hybridized carbons (Fsp3) is 0.455. The van der Waals surface area contributed by atoms with Crippen LogP contribution in [-0.4, -0.2) is 16.7 Å². The van der Waals surface area contributed by atoms with Gasteiger partial charge in [-0.15, -0.1) is 23.7 Å². The topological polar surface area (TPSA) is 51.0 Å². The largest absolute Gasteiger partial charge is 0.337 e. The Balaban J connectivity index is 0.00000120. The Morgan fingerprint density at radius 3 is 3.00 bits per heavy atom. The molecule has 0 bridgehead atoms. The number of rotatable bonds is 2. The lowest BCUT2D eigenvalue weighted by molar-refractivity contribution is 0.297. The summed E-state index contributed by atoms with van der Waals surface area (Å²) in [5.74, 6) is 1.40. The highest BCUT2D eigenvalue weighted by Crippen LogP contribution is 2.29. The summed E-state index contributed by atoms with van der Waals surface area (Å²) in [4.78, 5) is 5.50. The molecule has 4 nitrogen and oxygen atoms in total. The number of hydrogen-bond acceptors (Lipinski definition) is 5. The van der Waals surface area contributed by atoms with Crippen molar-refractivity contribution in [3.8, 4) is 10.7 Å². The zero-order valence-corrected chi connectivity index (χ0v) is 12.8. The maximum Gasteiger partial charge on any atom is 0.244 e. The number of nitrogens with zero attached hydrogens (tertiary/aromatic N) is 2. The van der Waals surface area contributed by atoms with E-state index in [1.807, 2.05) is 11.4 Å². The summed E-state index contributed by atoms with van der Waals surface area (Å²) in [5, 5.41) is 9.46. The van der Waals surface area contributed by atoms with E-state index in [4.69, 9.17) is 4.52 Å². The second-order valence-electron chi connectivity index (χ2n) is 4.09. The lowest BCUT2D eigenvalue weighted by Gasteiger charge is -2.19. The Hall–Kier alpha value is -0.430. The molecule has 0 saturated carbocycles. The van der Waals surface area contributed by atoms with Crippen molar-refractivity contribution < 1.29 is 4.52 Å². The number of halogens is 2. The molecule has 2 aromatic rings. The SMILES string of the molecule is Brc1csc(-c2noc(C3CCCCN3)n2)c1.Cl. The van der Waals surface area contributed by atoms with Crippen molar-refractivity contribution in [3.63, 3.8) is 0 Å². The predicted molar refractivity (Wildman–Crippen MR) is 77.2 cm³/mol. The lowest BCUT2D eigenvalue weighted by Crippen LogP contribution is -2.26. The van der Waals surface area contributed by atoms with E-state index in [0.29, 0.717) is 11.7 Å². The van der Waals surface area contributed by atoms with Crippen LogP contribution in [0.25, 0.3) is 10.7 Å². The molecule has 2 aromatic heterocycles. The predicted octanol–water partition coefficient (Wildman–Crippen LogP) is 3.80. The van der Waals surface area contributed by atoms with Crippen LogP contribution in [0.5, 0.6) is 0 Å². The van der Waals surface area contributed by atoms with Gasteiger partial charge in [-0.2, -0.15) is 4.98 Å². The van der Waals surface area contributed by atoms with Gasteiger partial charge in [-0.05, 0) is 41.4 Å². The Labute approximate surface area is 124 Å². The van der Waals surface area contributed by atoms with Crippen LogP contribution in [0.4, 0.5) is 0 Å². The van der Waals surface area contributed by atoms with E-state index >= 15 is 0 Å². The Morgan fingerprint density at radius 1 is 1.44 bits per heavy atom. The first-order valence-corrected chi connectivity index (χ1v) is 7.31. The highest BCUT2D eigenvalue weighted by molar-refractivity contribution is 9.10. The number of hydrogen-bond donors (Lipinski definition) is 1. The minimum absolute atomic E-state index is 0. The summed E-state index contributed by atoms with van der Waals surface area (Å²) in [7, 11) is 0. The molecule has 1 atom stereocenters. The third kappa shape index (κ3) is 2.93. The van der Waals surface area contributed by atoms with Gasteiger partial charge in [-0.1, -0.05) is 11.6 Å². The summed E-state index contributed by atoms with van der Waals surface area (Å²) in [6.45, 7) is 1.03. The molecule has 1 unspecified atom stereocenters. The standard InChI is InChI=1S/C11H12BrN3OS.ClH/c12-7-5-9(17-6-7)10-14-11(16-15-10)8-3-1-2-4-13-8;/h5-6,8,13H,1-4H2;1H. The molecule has 7 heteroatoms. The summed E-state index contributed by atoms with van der Waals surface area (Å²) in [6.07, 6.45) is 3.53. The van der Waals surface area contributed by atoms with Crippen LogP contribution in [0, 0.1) is 0 Å². The number of thiophene rings is 1. The first-order valence-electron chi connectivity index (χ1n) is 5.64. The summed E-state index contributed by atoms with van der Waals surface area (Å²) < 4.78 is 6.39. The molecule has 0 spiro atoms. The quantitative estimate of drug-likeness (QED) is 0.895. The molecule has 1 aliphatic heterocycles.